The van der Waals surface area contributed by atoms with Crippen molar-refractivity contribution in [1.29, 1.82) is 0 Å². The lowest BCUT2D eigenvalue weighted by Crippen LogP contribution is -1.91. The number of hydrogen-bond donors (Lipinski definition) is 1. The quantitative estimate of drug-likeness (QED) is 0.708. The van der Waals surface area contributed by atoms with Gasteiger partial charge in [0, 0.05) is 11.3 Å². The van der Waals surface area contributed by atoms with E-state index in [-0.39, 0.29) is 16.7 Å². The number of anilines is 1. The number of benzene rings is 2. The second kappa shape index (κ2) is 5.35. The van der Waals surface area contributed by atoms with Crippen LogP contribution in [0.25, 0.3) is 22.8 Å². The molecule has 0 spiro atoms. The van der Waals surface area contributed by atoms with Gasteiger partial charge in [0.1, 0.15) is 5.82 Å². The van der Waals surface area contributed by atoms with Crippen molar-refractivity contribution in [2.24, 2.45) is 0 Å². The molecule has 0 aliphatic rings. The number of rotatable bonds is 2. The first kappa shape index (κ1) is 13.9. The van der Waals surface area contributed by atoms with Gasteiger partial charge >= 0.3 is 0 Å². The van der Waals surface area contributed by atoms with E-state index in [0.717, 1.165) is 0 Å². The first-order valence-electron chi connectivity index (χ1n) is 5.90. The third-order valence-electron chi connectivity index (χ3n) is 2.86. The lowest BCUT2D eigenvalue weighted by atomic mass is 10.1. The minimum atomic E-state index is -0.442. The minimum Gasteiger partial charge on any atom is -0.398 e. The average molecular weight is 324 g/mol. The van der Waals surface area contributed by atoms with Crippen molar-refractivity contribution in [2.75, 3.05) is 5.73 Å². The van der Waals surface area contributed by atoms with Gasteiger partial charge in [-0.2, -0.15) is 4.98 Å². The van der Waals surface area contributed by atoms with Crippen LogP contribution >= 0.6 is 23.2 Å². The smallest absolute Gasteiger partial charge is 0.261 e. The summed E-state index contributed by atoms with van der Waals surface area (Å²) in [4.78, 5) is 4.21. The van der Waals surface area contributed by atoms with Crippen molar-refractivity contribution < 1.29 is 8.91 Å². The maximum Gasteiger partial charge on any atom is 0.261 e. The van der Waals surface area contributed by atoms with Gasteiger partial charge in [0.15, 0.2) is 0 Å². The van der Waals surface area contributed by atoms with Gasteiger partial charge in [0.25, 0.3) is 5.89 Å². The molecule has 0 saturated carbocycles. The first-order valence-corrected chi connectivity index (χ1v) is 6.65. The lowest BCUT2D eigenvalue weighted by molar-refractivity contribution is 0.432. The van der Waals surface area contributed by atoms with Crippen LogP contribution in [-0.2, 0) is 0 Å². The number of nitrogens with two attached hydrogens (primary N) is 1. The fraction of sp³-hybridized carbons (Fsp3) is 0. The van der Waals surface area contributed by atoms with Gasteiger partial charge in [0.2, 0.25) is 5.82 Å². The molecule has 1 heterocycles. The number of aromatic nitrogens is 2. The van der Waals surface area contributed by atoms with Gasteiger partial charge in [-0.1, -0.05) is 34.4 Å². The number of nitrogens with zero attached hydrogens (tertiary/aromatic N) is 2. The molecule has 3 rings (SSSR count). The molecule has 7 heteroatoms. The molecule has 0 saturated heterocycles. The molecular weight excluding hydrogens is 316 g/mol. The molecule has 4 nitrogen and oxygen atoms in total. The number of nitrogen functional groups attached to an aromatic ring is 1. The normalized spacial score (nSPS) is 10.8. The molecule has 3 aromatic rings. The van der Waals surface area contributed by atoms with Gasteiger partial charge in [-0.25, -0.2) is 4.39 Å². The van der Waals surface area contributed by atoms with Crippen LogP contribution in [0.1, 0.15) is 0 Å². The summed E-state index contributed by atoms with van der Waals surface area (Å²) in [5.41, 5.74) is 7.19. The summed E-state index contributed by atoms with van der Waals surface area (Å²) in [6, 6.07) is 8.98. The van der Waals surface area contributed by atoms with Crippen LogP contribution in [-0.4, -0.2) is 10.1 Å². The Morgan fingerprint density at radius 2 is 1.90 bits per heavy atom. The van der Waals surface area contributed by atoms with Crippen molar-refractivity contribution in [2.45, 2.75) is 0 Å². The maximum atomic E-state index is 13.1. The fourth-order valence-corrected chi connectivity index (χ4v) is 2.39. The van der Waals surface area contributed by atoms with E-state index in [1.807, 2.05) is 0 Å². The summed E-state index contributed by atoms with van der Waals surface area (Å²) in [5.74, 6) is -0.0365. The molecule has 1 aromatic heterocycles. The second-order valence-corrected chi connectivity index (χ2v) is 5.07. The van der Waals surface area contributed by atoms with Crippen LogP contribution in [0, 0.1) is 5.82 Å². The van der Waals surface area contributed by atoms with Gasteiger partial charge in [-0.05, 0) is 30.3 Å². The largest absolute Gasteiger partial charge is 0.398 e. The lowest BCUT2D eigenvalue weighted by Gasteiger charge is -2.02. The zero-order valence-corrected chi connectivity index (χ0v) is 12.0. The molecule has 0 amide bonds. The Kier molecular flexibility index (Phi) is 3.53. The SMILES string of the molecule is Nc1cccc(Cl)c1-c1nc(-c2ccc(F)cc2Cl)no1. The third-order valence-corrected chi connectivity index (χ3v) is 3.49. The van der Waals surface area contributed by atoms with Crippen LogP contribution < -0.4 is 5.73 Å². The van der Waals surface area contributed by atoms with Crippen LogP contribution in [0.15, 0.2) is 40.9 Å². The molecule has 2 aromatic carbocycles. The second-order valence-electron chi connectivity index (χ2n) is 4.25. The van der Waals surface area contributed by atoms with E-state index in [1.165, 1.54) is 18.2 Å². The molecule has 0 atom stereocenters. The Labute approximate surface area is 129 Å². The molecule has 0 unspecified atom stereocenters. The van der Waals surface area contributed by atoms with Crippen molar-refractivity contribution in [3.8, 4) is 22.8 Å². The average Bonchev–Trinajstić information content (AvgIpc) is 2.87. The summed E-state index contributed by atoms with van der Waals surface area (Å²) in [5, 5.41) is 4.42. The maximum absolute atomic E-state index is 13.1. The van der Waals surface area contributed by atoms with Gasteiger partial charge < -0.3 is 10.3 Å². The van der Waals surface area contributed by atoms with E-state index in [9.17, 15) is 4.39 Å². The monoisotopic (exact) mass is 323 g/mol. The summed E-state index contributed by atoms with van der Waals surface area (Å²) in [7, 11) is 0. The van der Waals surface area contributed by atoms with E-state index in [0.29, 0.717) is 21.8 Å². The van der Waals surface area contributed by atoms with E-state index < -0.39 is 5.82 Å². The molecule has 0 aliphatic carbocycles. The molecule has 0 bridgehead atoms. The third kappa shape index (κ3) is 2.57. The summed E-state index contributed by atoms with van der Waals surface area (Å²) in [6.45, 7) is 0. The first-order chi connectivity index (χ1) is 10.1. The van der Waals surface area contributed by atoms with E-state index >= 15 is 0 Å². The predicted molar refractivity (Wildman–Crippen MR) is 79.6 cm³/mol. The van der Waals surface area contributed by atoms with E-state index in [1.54, 1.807) is 18.2 Å². The van der Waals surface area contributed by atoms with Crippen molar-refractivity contribution in [3.05, 3.63) is 52.3 Å². The zero-order valence-electron chi connectivity index (χ0n) is 10.5. The van der Waals surface area contributed by atoms with E-state index in [4.69, 9.17) is 33.5 Å². The van der Waals surface area contributed by atoms with Crippen LogP contribution in [0.2, 0.25) is 10.0 Å². The Bertz CT molecular complexity index is 799. The fourth-order valence-electron chi connectivity index (χ4n) is 1.87. The van der Waals surface area contributed by atoms with Crippen LogP contribution in [0.3, 0.4) is 0 Å². The van der Waals surface area contributed by atoms with Gasteiger partial charge in [-0.15, -0.1) is 0 Å². The summed E-state index contributed by atoms with van der Waals surface area (Å²) < 4.78 is 18.2. The Hall–Kier alpha value is -2.11. The van der Waals surface area contributed by atoms with Crippen LogP contribution in [0.4, 0.5) is 10.1 Å². The zero-order chi connectivity index (χ0) is 15.0. The Morgan fingerprint density at radius 1 is 1.10 bits per heavy atom. The minimum absolute atomic E-state index is 0.175. The van der Waals surface area contributed by atoms with Crippen molar-refractivity contribution in [3.63, 3.8) is 0 Å². The van der Waals surface area contributed by atoms with Gasteiger partial charge in [0.05, 0.1) is 15.6 Å². The molecule has 21 heavy (non-hydrogen) atoms. The highest BCUT2D eigenvalue weighted by Gasteiger charge is 2.17. The summed E-state index contributed by atoms with van der Waals surface area (Å²) in [6.07, 6.45) is 0. The highest BCUT2D eigenvalue weighted by Crippen LogP contribution is 2.34. The Morgan fingerprint density at radius 3 is 2.62 bits per heavy atom. The molecule has 106 valence electrons. The standard InChI is InChI=1S/C14H8Cl2FN3O/c15-9-2-1-3-11(18)12(9)14-19-13(20-21-14)8-5-4-7(17)6-10(8)16/h1-6H,18H2. The highest BCUT2D eigenvalue weighted by molar-refractivity contribution is 6.34. The highest BCUT2D eigenvalue weighted by atomic mass is 35.5. The Balaban J connectivity index is 2.08. The summed E-state index contributed by atoms with van der Waals surface area (Å²) >= 11 is 12.1. The number of hydrogen-bond acceptors (Lipinski definition) is 4. The van der Waals surface area contributed by atoms with E-state index in [2.05, 4.69) is 10.1 Å². The van der Waals surface area contributed by atoms with Crippen LogP contribution in [0.5, 0.6) is 0 Å². The number of halogens is 3. The molecule has 2 N–H and O–H groups in total. The molecule has 0 fully saturated rings. The topological polar surface area (TPSA) is 64.9 Å². The molecule has 0 radical (unpaired) electrons. The van der Waals surface area contributed by atoms with Crippen molar-refractivity contribution >= 4 is 28.9 Å². The predicted octanol–water partition coefficient (Wildman–Crippen LogP) is 4.43. The molecule has 0 aliphatic heterocycles. The molecular formula is C14H8Cl2FN3O. The van der Waals surface area contributed by atoms with Crippen molar-refractivity contribution in [1.82, 2.24) is 10.1 Å². The van der Waals surface area contributed by atoms with Gasteiger partial charge in [-0.3, -0.25) is 0 Å².